The molecule has 2 atom stereocenters. The average Bonchev–Trinajstić information content (AvgIpc) is 2.92. The summed E-state index contributed by atoms with van der Waals surface area (Å²) in [7, 11) is 0. The summed E-state index contributed by atoms with van der Waals surface area (Å²) in [5.41, 5.74) is 0.736. The number of halogens is 2. The molecule has 1 N–H and O–H groups in total. The van der Waals surface area contributed by atoms with Crippen molar-refractivity contribution in [3.63, 3.8) is 0 Å². The Labute approximate surface area is 81.4 Å². The van der Waals surface area contributed by atoms with Gasteiger partial charge in [-0.05, 0) is 42.9 Å². The molecule has 0 bridgehead atoms. The Morgan fingerprint density at radius 1 is 1.36 bits per heavy atom. The molecule has 1 saturated carbocycles. The zero-order valence-electron chi connectivity index (χ0n) is 7.93. The number of aliphatic hydroxyl groups excluding tert-OH is 1. The Morgan fingerprint density at radius 3 is 2.36 bits per heavy atom. The minimum absolute atomic E-state index is 0.0648. The standard InChI is InChI=1S/C11H12F2O/c1-6-10(12)3-7(4-11(6)13)9-2-8(9)5-14/h3-4,8-9,14H,2,5H2,1H3. The number of hydrogen-bond acceptors (Lipinski definition) is 1. The molecule has 1 aromatic rings. The molecule has 2 rings (SSSR count). The van der Waals surface area contributed by atoms with Crippen LogP contribution in [0.3, 0.4) is 0 Å². The number of benzene rings is 1. The van der Waals surface area contributed by atoms with Crippen LogP contribution in [0.2, 0.25) is 0 Å². The summed E-state index contributed by atoms with van der Waals surface area (Å²) in [5, 5.41) is 8.84. The summed E-state index contributed by atoms with van der Waals surface area (Å²) in [5.74, 6) is -0.659. The Morgan fingerprint density at radius 2 is 1.93 bits per heavy atom. The zero-order chi connectivity index (χ0) is 10.3. The fourth-order valence-electron chi connectivity index (χ4n) is 1.74. The highest BCUT2D eigenvalue weighted by molar-refractivity contribution is 5.31. The second-order valence-corrected chi connectivity index (χ2v) is 3.89. The third-order valence-corrected chi connectivity index (χ3v) is 2.89. The van der Waals surface area contributed by atoms with Gasteiger partial charge in [-0.25, -0.2) is 8.78 Å². The lowest BCUT2D eigenvalue weighted by atomic mass is 10.1. The first-order valence-electron chi connectivity index (χ1n) is 4.70. The lowest BCUT2D eigenvalue weighted by Gasteiger charge is -2.03. The lowest BCUT2D eigenvalue weighted by molar-refractivity contribution is 0.274. The Hall–Kier alpha value is -0.960. The molecule has 0 amide bonds. The maximum absolute atomic E-state index is 13.2. The first-order valence-corrected chi connectivity index (χ1v) is 4.70. The smallest absolute Gasteiger partial charge is 0.129 e. The summed E-state index contributed by atoms with van der Waals surface area (Å²) in [4.78, 5) is 0. The molecule has 1 aliphatic rings. The summed E-state index contributed by atoms with van der Waals surface area (Å²) < 4.78 is 26.3. The minimum atomic E-state index is -0.497. The van der Waals surface area contributed by atoms with Gasteiger partial charge in [-0.3, -0.25) is 0 Å². The topological polar surface area (TPSA) is 20.2 Å². The second-order valence-electron chi connectivity index (χ2n) is 3.89. The molecule has 0 radical (unpaired) electrons. The van der Waals surface area contributed by atoms with Crippen molar-refractivity contribution in [1.82, 2.24) is 0 Å². The number of hydrogen-bond donors (Lipinski definition) is 1. The Kier molecular flexibility index (Phi) is 2.27. The monoisotopic (exact) mass is 198 g/mol. The molecule has 1 fully saturated rings. The molecule has 14 heavy (non-hydrogen) atoms. The van der Waals surface area contributed by atoms with Crippen molar-refractivity contribution in [3.05, 3.63) is 34.9 Å². The van der Waals surface area contributed by atoms with Gasteiger partial charge >= 0.3 is 0 Å². The summed E-state index contributed by atoms with van der Waals surface area (Å²) in [6.07, 6.45) is 0.832. The molecular formula is C11H12F2O. The summed E-state index contributed by atoms with van der Waals surface area (Å²) in [6.45, 7) is 1.52. The highest BCUT2D eigenvalue weighted by atomic mass is 19.1. The molecule has 76 valence electrons. The van der Waals surface area contributed by atoms with Crippen molar-refractivity contribution in [2.75, 3.05) is 6.61 Å². The van der Waals surface area contributed by atoms with Gasteiger partial charge in [0.05, 0.1) is 0 Å². The second kappa shape index (κ2) is 3.31. The van der Waals surface area contributed by atoms with Crippen molar-refractivity contribution in [1.29, 1.82) is 0 Å². The summed E-state index contributed by atoms with van der Waals surface area (Å²) in [6, 6.07) is 2.75. The molecule has 0 aliphatic heterocycles. The molecule has 0 saturated heterocycles. The molecule has 3 heteroatoms. The summed E-state index contributed by atoms with van der Waals surface area (Å²) >= 11 is 0. The largest absolute Gasteiger partial charge is 0.396 e. The molecule has 1 nitrogen and oxygen atoms in total. The lowest BCUT2D eigenvalue weighted by Crippen LogP contribution is -1.94. The quantitative estimate of drug-likeness (QED) is 0.773. The van der Waals surface area contributed by atoms with Crippen LogP contribution in [0.5, 0.6) is 0 Å². The van der Waals surface area contributed by atoms with Crippen molar-refractivity contribution < 1.29 is 13.9 Å². The van der Waals surface area contributed by atoms with E-state index in [4.69, 9.17) is 5.11 Å². The van der Waals surface area contributed by atoms with E-state index >= 15 is 0 Å². The van der Waals surface area contributed by atoms with Crippen LogP contribution in [-0.4, -0.2) is 11.7 Å². The third kappa shape index (κ3) is 1.52. The third-order valence-electron chi connectivity index (χ3n) is 2.89. The zero-order valence-corrected chi connectivity index (χ0v) is 7.93. The van der Waals surface area contributed by atoms with Crippen molar-refractivity contribution in [3.8, 4) is 0 Å². The molecule has 0 aromatic heterocycles. The van der Waals surface area contributed by atoms with Gasteiger partial charge < -0.3 is 5.11 Å². The number of rotatable bonds is 2. The highest BCUT2D eigenvalue weighted by Gasteiger charge is 2.38. The van der Waals surface area contributed by atoms with Gasteiger partial charge in [0.2, 0.25) is 0 Å². The Balaban J connectivity index is 2.28. The van der Waals surface area contributed by atoms with Crippen LogP contribution in [0.15, 0.2) is 12.1 Å². The van der Waals surface area contributed by atoms with Crippen molar-refractivity contribution >= 4 is 0 Å². The van der Waals surface area contributed by atoms with E-state index < -0.39 is 11.6 Å². The molecule has 1 aromatic carbocycles. The van der Waals surface area contributed by atoms with Gasteiger partial charge in [0.25, 0.3) is 0 Å². The van der Waals surface area contributed by atoms with Gasteiger partial charge in [0, 0.05) is 12.2 Å². The van der Waals surface area contributed by atoms with E-state index in [0.29, 0.717) is 5.56 Å². The molecular weight excluding hydrogens is 186 g/mol. The molecule has 0 heterocycles. The van der Waals surface area contributed by atoms with Crippen molar-refractivity contribution in [2.45, 2.75) is 19.3 Å². The van der Waals surface area contributed by atoms with E-state index in [2.05, 4.69) is 0 Å². The first kappa shape index (κ1) is 9.59. The van der Waals surface area contributed by atoms with Crippen LogP contribution in [0.1, 0.15) is 23.5 Å². The van der Waals surface area contributed by atoms with E-state index in [0.717, 1.165) is 6.42 Å². The van der Waals surface area contributed by atoms with Crippen LogP contribution in [0, 0.1) is 24.5 Å². The van der Waals surface area contributed by atoms with E-state index in [1.807, 2.05) is 0 Å². The molecule has 1 aliphatic carbocycles. The molecule has 2 unspecified atom stereocenters. The number of aliphatic hydroxyl groups is 1. The van der Waals surface area contributed by atoms with Gasteiger partial charge in [-0.15, -0.1) is 0 Å². The van der Waals surface area contributed by atoms with Gasteiger partial charge in [-0.1, -0.05) is 0 Å². The highest BCUT2D eigenvalue weighted by Crippen LogP contribution is 2.47. The van der Waals surface area contributed by atoms with Crippen LogP contribution in [0.4, 0.5) is 8.78 Å². The minimum Gasteiger partial charge on any atom is -0.396 e. The fourth-order valence-corrected chi connectivity index (χ4v) is 1.74. The molecule has 0 spiro atoms. The maximum atomic E-state index is 13.2. The van der Waals surface area contributed by atoms with Crippen LogP contribution in [-0.2, 0) is 0 Å². The van der Waals surface area contributed by atoms with Crippen LogP contribution >= 0.6 is 0 Å². The predicted octanol–water partition coefficient (Wildman–Crippen LogP) is 2.37. The fraction of sp³-hybridized carbons (Fsp3) is 0.455. The van der Waals surface area contributed by atoms with E-state index in [-0.39, 0.29) is 24.0 Å². The van der Waals surface area contributed by atoms with E-state index in [1.54, 1.807) is 0 Å². The van der Waals surface area contributed by atoms with Gasteiger partial charge in [-0.2, -0.15) is 0 Å². The van der Waals surface area contributed by atoms with Crippen LogP contribution in [0.25, 0.3) is 0 Å². The Bertz CT molecular complexity index is 339. The van der Waals surface area contributed by atoms with Crippen molar-refractivity contribution in [2.24, 2.45) is 5.92 Å². The van der Waals surface area contributed by atoms with Crippen LogP contribution < -0.4 is 0 Å². The van der Waals surface area contributed by atoms with E-state index in [9.17, 15) is 8.78 Å². The first-order chi connectivity index (χ1) is 6.63. The van der Waals surface area contributed by atoms with Gasteiger partial charge in [0.15, 0.2) is 0 Å². The SMILES string of the molecule is Cc1c(F)cc(C2CC2CO)cc1F. The average molecular weight is 198 g/mol. The maximum Gasteiger partial charge on any atom is 0.129 e. The predicted molar refractivity (Wildman–Crippen MR) is 49.0 cm³/mol. The van der Waals surface area contributed by atoms with E-state index in [1.165, 1.54) is 19.1 Å². The van der Waals surface area contributed by atoms with Gasteiger partial charge in [0.1, 0.15) is 11.6 Å². The normalized spacial score (nSPS) is 25.1.